The van der Waals surface area contributed by atoms with Crippen molar-refractivity contribution >= 4 is 34.3 Å². The minimum Gasteiger partial charge on any atom is -0.480 e. The average Bonchev–Trinajstić information content (AvgIpc) is 3.31. The topological polar surface area (TPSA) is 99.5 Å². The zero-order chi connectivity index (χ0) is 28.3. The summed E-state index contributed by atoms with van der Waals surface area (Å²) in [6.45, 7) is 0.582. The van der Waals surface area contributed by atoms with E-state index in [1.165, 1.54) is 23.0 Å². The van der Waals surface area contributed by atoms with E-state index in [2.05, 4.69) is 15.7 Å². The number of carbonyl (C=O) groups is 2. The highest BCUT2D eigenvalue weighted by Gasteiger charge is 2.33. The molecule has 4 aromatic rings. The molecule has 1 aromatic heterocycles. The molecule has 0 aliphatic carbocycles. The molecule has 1 unspecified atom stereocenters. The molecule has 0 saturated heterocycles. The Morgan fingerprint density at radius 3 is 2.60 bits per heavy atom. The van der Waals surface area contributed by atoms with Gasteiger partial charge < -0.3 is 20.6 Å². The van der Waals surface area contributed by atoms with Crippen LogP contribution >= 0.6 is 0 Å². The normalized spacial score (nSPS) is 15.1. The van der Waals surface area contributed by atoms with Crippen LogP contribution < -0.4 is 15.5 Å². The Hall–Kier alpha value is -4.54. The molecule has 208 valence electrons. The van der Waals surface area contributed by atoms with E-state index in [4.69, 9.17) is 5.11 Å². The number of nitrogens with zero attached hydrogens (tertiary/aromatic N) is 3. The Bertz CT molecular complexity index is 1520. The molecular weight excluding hydrogens is 523 g/mol. The Morgan fingerprint density at radius 1 is 1.05 bits per heavy atom. The van der Waals surface area contributed by atoms with Gasteiger partial charge in [0.25, 0.3) is 0 Å². The van der Waals surface area contributed by atoms with Crippen LogP contribution in [0.3, 0.4) is 0 Å². The van der Waals surface area contributed by atoms with E-state index in [1.54, 1.807) is 18.2 Å². The number of carbonyl (C=O) groups excluding carboxylic acids is 1. The van der Waals surface area contributed by atoms with E-state index in [0.717, 1.165) is 30.0 Å². The zero-order valence-electron chi connectivity index (χ0n) is 21.5. The molecule has 1 aliphatic rings. The van der Waals surface area contributed by atoms with Crippen LogP contribution in [0.1, 0.15) is 23.1 Å². The van der Waals surface area contributed by atoms with Gasteiger partial charge in [0, 0.05) is 24.2 Å². The van der Waals surface area contributed by atoms with Crippen molar-refractivity contribution in [2.75, 3.05) is 23.3 Å². The van der Waals surface area contributed by atoms with Crippen molar-refractivity contribution in [3.63, 3.8) is 0 Å². The van der Waals surface area contributed by atoms with Crippen molar-refractivity contribution in [3.8, 4) is 0 Å². The van der Waals surface area contributed by atoms with Crippen molar-refractivity contribution in [2.45, 2.75) is 38.0 Å². The number of aliphatic carboxylic acids is 1. The van der Waals surface area contributed by atoms with Crippen molar-refractivity contribution in [3.05, 3.63) is 89.6 Å². The standard InChI is InChI=1S/C29H28F3N5O3/c30-29(31,32)21-12-11-20-14-22(17-36(26(20)15-21)13-5-8-19-6-2-1-3-7-19)34-28(40)35-24-9-4-10-25-23(24)16-33-37(25)18-27(38)39/h1-4,6-7,9-12,15-16,22H,5,8,13-14,17-18H2,(H,38,39)(H2,34,35,40). The number of aryl methyl sites for hydroxylation is 1. The maximum atomic E-state index is 13.5. The summed E-state index contributed by atoms with van der Waals surface area (Å²) in [7, 11) is 0. The van der Waals surface area contributed by atoms with E-state index < -0.39 is 23.7 Å². The summed E-state index contributed by atoms with van der Waals surface area (Å²) >= 11 is 0. The van der Waals surface area contributed by atoms with E-state index in [9.17, 15) is 22.8 Å². The van der Waals surface area contributed by atoms with Crippen molar-refractivity contribution < 1.29 is 27.9 Å². The maximum Gasteiger partial charge on any atom is 0.416 e. The van der Waals surface area contributed by atoms with Gasteiger partial charge >= 0.3 is 18.2 Å². The van der Waals surface area contributed by atoms with Crippen molar-refractivity contribution in [1.82, 2.24) is 15.1 Å². The quantitative estimate of drug-likeness (QED) is 0.275. The first-order valence-corrected chi connectivity index (χ1v) is 12.9. The summed E-state index contributed by atoms with van der Waals surface area (Å²) in [6, 6.07) is 18.0. The first-order chi connectivity index (χ1) is 19.2. The number of carboxylic acids is 1. The van der Waals surface area contributed by atoms with Gasteiger partial charge in [0.1, 0.15) is 6.54 Å². The molecule has 0 fully saturated rings. The third-order valence-electron chi connectivity index (χ3n) is 6.95. The highest BCUT2D eigenvalue weighted by Crippen LogP contribution is 2.36. The smallest absolute Gasteiger partial charge is 0.416 e. The number of rotatable bonds is 8. The average molecular weight is 552 g/mol. The van der Waals surface area contributed by atoms with Gasteiger partial charge in [0.05, 0.1) is 29.0 Å². The van der Waals surface area contributed by atoms with Gasteiger partial charge in [-0.2, -0.15) is 18.3 Å². The van der Waals surface area contributed by atoms with Crippen LogP contribution in [-0.2, 0) is 30.4 Å². The second-order valence-corrected chi connectivity index (χ2v) is 9.81. The van der Waals surface area contributed by atoms with Gasteiger partial charge in [0.15, 0.2) is 0 Å². The van der Waals surface area contributed by atoms with E-state index >= 15 is 0 Å². The Labute approximate surface area is 228 Å². The van der Waals surface area contributed by atoms with Gasteiger partial charge in [-0.1, -0.05) is 42.5 Å². The lowest BCUT2D eigenvalue weighted by Crippen LogP contribution is -2.49. The Morgan fingerprint density at radius 2 is 1.85 bits per heavy atom. The third kappa shape index (κ3) is 6.19. The molecule has 2 amide bonds. The van der Waals surface area contributed by atoms with Gasteiger partial charge in [0.2, 0.25) is 0 Å². The number of hydrogen-bond donors (Lipinski definition) is 3. The molecule has 3 aromatic carbocycles. The molecule has 40 heavy (non-hydrogen) atoms. The molecule has 8 nitrogen and oxygen atoms in total. The van der Waals surface area contributed by atoms with E-state index in [1.807, 2.05) is 35.2 Å². The van der Waals surface area contributed by atoms with Gasteiger partial charge in [-0.25, -0.2) is 4.79 Å². The first kappa shape index (κ1) is 27.0. The zero-order valence-corrected chi connectivity index (χ0v) is 21.5. The minimum atomic E-state index is -4.45. The molecule has 3 N–H and O–H groups in total. The van der Waals surface area contributed by atoms with Gasteiger partial charge in [-0.3, -0.25) is 9.48 Å². The predicted octanol–water partition coefficient (Wildman–Crippen LogP) is 5.33. The van der Waals surface area contributed by atoms with Crippen LogP contribution in [0.15, 0.2) is 72.9 Å². The summed E-state index contributed by atoms with van der Waals surface area (Å²) in [5.41, 5.74) is 2.77. The largest absolute Gasteiger partial charge is 0.480 e. The fourth-order valence-electron chi connectivity index (χ4n) is 5.14. The minimum absolute atomic E-state index is 0.309. The number of anilines is 2. The Balaban J connectivity index is 1.31. The number of fused-ring (bicyclic) bond motifs is 2. The fourth-order valence-corrected chi connectivity index (χ4v) is 5.14. The van der Waals surface area contributed by atoms with Gasteiger partial charge in [-0.15, -0.1) is 0 Å². The molecule has 0 saturated carbocycles. The van der Waals surface area contributed by atoms with Crippen molar-refractivity contribution in [1.29, 1.82) is 0 Å². The number of aromatic nitrogens is 2. The van der Waals surface area contributed by atoms with Crippen LogP contribution in [0.2, 0.25) is 0 Å². The summed E-state index contributed by atoms with van der Waals surface area (Å²) in [5.74, 6) is -1.03. The third-order valence-corrected chi connectivity index (χ3v) is 6.95. The van der Waals surface area contributed by atoms with E-state index in [0.29, 0.717) is 41.8 Å². The maximum absolute atomic E-state index is 13.5. The van der Waals surface area contributed by atoms with Crippen LogP contribution in [0.5, 0.6) is 0 Å². The van der Waals surface area contributed by atoms with Gasteiger partial charge in [-0.05, 0) is 54.7 Å². The molecule has 0 radical (unpaired) electrons. The highest BCUT2D eigenvalue weighted by atomic mass is 19.4. The molecule has 5 rings (SSSR count). The summed E-state index contributed by atoms with van der Waals surface area (Å²) in [4.78, 5) is 26.0. The lowest BCUT2D eigenvalue weighted by molar-refractivity contribution is -0.138. The monoisotopic (exact) mass is 551 g/mol. The summed E-state index contributed by atoms with van der Waals surface area (Å²) in [6.07, 6.45) is -1.04. The molecule has 1 atom stereocenters. The number of amides is 2. The number of carboxylic acid groups (broad SMARTS) is 1. The number of hydrogen-bond acceptors (Lipinski definition) is 4. The lowest BCUT2D eigenvalue weighted by atomic mass is 9.95. The van der Waals surface area contributed by atoms with E-state index in [-0.39, 0.29) is 12.6 Å². The number of urea groups is 1. The second-order valence-electron chi connectivity index (χ2n) is 9.81. The van der Waals surface area contributed by atoms with Crippen LogP contribution in [0.25, 0.3) is 10.9 Å². The predicted molar refractivity (Wildman–Crippen MR) is 145 cm³/mol. The lowest BCUT2D eigenvalue weighted by Gasteiger charge is -2.37. The number of alkyl halides is 3. The summed E-state index contributed by atoms with van der Waals surface area (Å²) in [5, 5.41) is 19.6. The second kappa shape index (κ2) is 11.3. The van der Waals surface area contributed by atoms with Crippen LogP contribution in [0.4, 0.5) is 29.3 Å². The van der Waals surface area contributed by atoms with Crippen molar-refractivity contribution in [2.24, 2.45) is 0 Å². The fraction of sp³-hybridized carbons (Fsp3) is 0.276. The highest BCUT2D eigenvalue weighted by molar-refractivity contribution is 6.00. The molecule has 1 aliphatic heterocycles. The number of benzene rings is 3. The molecule has 0 spiro atoms. The molecule has 0 bridgehead atoms. The van der Waals surface area contributed by atoms with Crippen LogP contribution in [-0.4, -0.2) is 46.0 Å². The SMILES string of the molecule is O=C(O)Cn1ncc2c(NC(=O)NC3Cc4ccc(C(F)(F)F)cc4N(CCCc4ccccc4)C3)cccc21. The number of halogens is 3. The molecule has 2 heterocycles. The summed E-state index contributed by atoms with van der Waals surface area (Å²) < 4.78 is 41.7. The number of nitrogens with one attached hydrogen (secondary N) is 2. The Kier molecular flexibility index (Phi) is 7.63. The molecular formula is C29H28F3N5O3. The van der Waals surface area contributed by atoms with Crippen LogP contribution in [0, 0.1) is 0 Å². The molecule has 11 heteroatoms. The first-order valence-electron chi connectivity index (χ1n) is 12.9.